The van der Waals surface area contributed by atoms with E-state index in [2.05, 4.69) is 4.90 Å². The van der Waals surface area contributed by atoms with Crippen molar-refractivity contribution < 1.29 is 4.79 Å². The number of benzene rings is 1. The Morgan fingerprint density at radius 1 is 1.20 bits per heavy atom. The predicted octanol–water partition coefficient (Wildman–Crippen LogP) is 0.994. The zero-order valence-electron chi connectivity index (χ0n) is 11.9. The number of hydrogen-bond acceptors (Lipinski definition) is 3. The summed E-state index contributed by atoms with van der Waals surface area (Å²) >= 11 is 0. The lowest BCUT2D eigenvalue weighted by atomic mass is 10.0. The molecular formula is C16H23N3O. The molecule has 0 aliphatic carbocycles. The highest BCUT2D eigenvalue weighted by molar-refractivity contribution is 5.79. The fourth-order valence-electron chi connectivity index (χ4n) is 3.42. The first-order valence-corrected chi connectivity index (χ1v) is 7.56. The first kappa shape index (κ1) is 13.6. The van der Waals surface area contributed by atoms with Gasteiger partial charge in [-0.1, -0.05) is 24.3 Å². The molecule has 20 heavy (non-hydrogen) atoms. The first-order valence-electron chi connectivity index (χ1n) is 7.56. The van der Waals surface area contributed by atoms with Gasteiger partial charge in [-0.25, -0.2) is 0 Å². The van der Waals surface area contributed by atoms with Crippen LogP contribution >= 0.6 is 0 Å². The van der Waals surface area contributed by atoms with Crippen LogP contribution in [0.15, 0.2) is 24.3 Å². The number of nitrogens with zero attached hydrogens (tertiary/aromatic N) is 2. The van der Waals surface area contributed by atoms with Crippen molar-refractivity contribution in [2.24, 2.45) is 5.73 Å². The minimum atomic E-state index is 0.248. The minimum absolute atomic E-state index is 0.248. The molecule has 1 amide bonds. The van der Waals surface area contributed by atoms with Crippen molar-refractivity contribution in [3.63, 3.8) is 0 Å². The lowest BCUT2D eigenvalue weighted by Gasteiger charge is -2.37. The van der Waals surface area contributed by atoms with E-state index in [9.17, 15) is 4.79 Å². The first-order chi connectivity index (χ1) is 9.78. The molecule has 2 aliphatic heterocycles. The van der Waals surface area contributed by atoms with Gasteiger partial charge in [-0.05, 0) is 30.5 Å². The van der Waals surface area contributed by atoms with Crippen LogP contribution in [0.2, 0.25) is 0 Å². The molecule has 2 saturated heterocycles. The second-order valence-electron chi connectivity index (χ2n) is 5.82. The van der Waals surface area contributed by atoms with E-state index in [1.165, 1.54) is 19.4 Å². The number of carbonyl (C=O) groups excluding carboxylic acids is 1. The summed E-state index contributed by atoms with van der Waals surface area (Å²) in [6, 6.07) is 8.59. The second kappa shape index (κ2) is 5.94. The third kappa shape index (κ3) is 2.72. The third-order valence-corrected chi connectivity index (χ3v) is 4.62. The summed E-state index contributed by atoms with van der Waals surface area (Å²) in [5.41, 5.74) is 7.90. The largest absolute Gasteiger partial charge is 0.340 e. The molecule has 1 aromatic rings. The van der Waals surface area contributed by atoms with E-state index in [-0.39, 0.29) is 5.91 Å². The van der Waals surface area contributed by atoms with E-state index in [0.717, 1.165) is 30.8 Å². The van der Waals surface area contributed by atoms with Crippen molar-refractivity contribution in [3.05, 3.63) is 35.4 Å². The highest BCUT2D eigenvalue weighted by atomic mass is 16.2. The Bertz CT molecular complexity index is 488. The van der Waals surface area contributed by atoms with Crippen LogP contribution < -0.4 is 5.73 Å². The Labute approximate surface area is 120 Å². The maximum atomic E-state index is 12.5. The number of nitrogens with two attached hydrogens (primary N) is 1. The van der Waals surface area contributed by atoms with Crippen LogP contribution in [0.1, 0.15) is 24.0 Å². The van der Waals surface area contributed by atoms with E-state index in [4.69, 9.17) is 5.73 Å². The van der Waals surface area contributed by atoms with Crippen LogP contribution in [0.5, 0.6) is 0 Å². The second-order valence-corrected chi connectivity index (χ2v) is 5.82. The number of amides is 1. The van der Waals surface area contributed by atoms with Gasteiger partial charge in [-0.2, -0.15) is 0 Å². The Morgan fingerprint density at radius 2 is 2.00 bits per heavy atom. The lowest BCUT2D eigenvalue weighted by molar-refractivity contribution is -0.133. The van der Waals surface area contributed by atoms with Crippen LogP contribution in [0.3, 0.4) is 0 Å². The highest BCUT2D eigenvalue weighted by Crippen LogP contribution is 2.22. The molecule has 0 radical (unpaired) electrons. The van der Waals surface area contributed by atoms with Gasteiger partial charge in [0.25, 0.3) is 0 Å². The van der Waals surface area contributed by atoms with Gasteiger partial charge >= 0.3 is 0 Å². The zero-order valence-corrected chi connectivity index (χ0v) is 11.9. The van der Waals surface area contributed by atoms with E-state index in [0.29, 0.717) is 19.0 Å². The fourth-order valence-corrected chi connectivity index (χ4v) is 3.42. The van der Waals surface area contributed by atoms with E-state index in [1.807, 2.05) is 29.2 Å². The number of carbonyl (C=O) groups is 1. The van der Waals surface area contributed by atoms with Crippen LogP contribution in [-0.2, 0) is 17.8 Å². The van der Waals surface area contributed by atoms with Crippen molar-refractivity contribution in [3.8, 4) is 0 Å². The van der Waals surface area contributed by atoms with Crippen LogP contribution in [-0.4, -0.2) is 47.9 Å². The molecule has 2 N–H and O–H groups in total. The molecule has 2 heterocycles. The van der Waals surface area contributed by atoms with Crippen molar-refractivity contribution >= 4 is 5.91 Å². The molecule has 1 atom stereocenters. The Kier molecular flexibility index (Phi) is 4.03. The number of rotatable bonds is 3. The van der Waals surface area contributed by atoms with Gasteiger partial charge in [-0.3, -0.25) is 9.69 Å². The maximum Gasteiger partial charge on any atom is 0.227 e. The van der Waals surface area contributed by atoms with Gasteiger partial charge < -0.3 is 10.6 Å². The van der Waals surface area contributed by atoms with Crippen LogP contribution in [0.25, 0.3) is 0 Å². The summed E-state index contributed by atoms with van der Waals surface area (Å²) in [5.74, 6) is 0.248. The molecule has 4 nitrogen and oxygen atoms in total. The molecule has 1 unspecified atom stereocenters. The molecule has 1 aromatic carbocycles. The van der Waals surface area contributed by atoms with Gasteiger partial charge in [0, 0.05) is 32.2 Å². The summed E-state index contributed by atoms with van der Waals surface area (Å²) in [6.07, 6.45) is 3.01. The van der Waals surface area contributed by atoms with Crippen molar-refractivity contribution in [2.75, 3.05) is 26.2 Å². The quantitative estimate of drug-likeness (QED) is 0.893. The molecule has 2 fully saturated rings. The van der Waals surface area contributed by atoms with Gasteiger partial charge in [-0.15, -0.1) is 0 Å². The molecule has 2 aliphatic rings. The average molecular weight is 273 g/mol. The van der Waals surface area contributed by atoms with Gasteiger partial charge in [0.05, 0.1) is 6.42 Å². The smallest absolute Gasteiger partial charge is 0.227 e. The summed E-state index contributed by atoms with van der Waals surface area (Å²) < 4.78 is 0. The third-order valence-electron chi connectivity index (χ3n) is 4.62. The minimum Gasteiger partial charge on any atom is -0.340 e. The zero-order chi connectivity index (χ0) is 13.9. The van der Waals surface area contributed by atoms with E-state index >= 15 is 0 Å². The molecule has 0 saturated carbocycles. The Hall–Kier alpha value is -1.39. The normalized spacial score (nSPS) is 22.9. The molecule has 3 rings (SSSR count). The SMILES string of the molecule is NCc1ccccc1CC(=O)N1CCN2CCCC2C1. The fraction of sp³-hybridized carbons (Fsp3) is 0.562. The highest BCUT2D eigenvalue weighted by Gasteiger charge is 2.32. The topological polar surface area (TPSA) is 49.6 Å². The number of fused-ring (bicyclic) bond motifs is 1. The van der Waals surface area contributed by atoms with Crippen molar-refractivity contribution in [2.45, 2.75) is 31.8 Å². The van der Waals surface area contributed by atoms with Crippen molar-refractivity contribution in [1.29, 1.82) is 0 Å². The summed E-state index contributed by atoms with van der Waals surface area (Å²) in [6.45, 7) is 4.53. The number of hydrogen-bond donors (Lipinski definition) is 1. The van der Waals surface area contributed by atoms with Crippen LogP contribution in [0.4, 0.5) is 0 Å². The summed E-state index contributed by atoms with van der Waals surface area (Å²) in [7, 11) is 0. The molecule has 108 valence electrons. The summed E-state index contributed by atoms with van der Waals surface area (Å²) in [5, 5.41) is 0. The van der Waals surface area contributed by atoms with Gasteiger partial charge in [0.15, 0.2) is 0 Å². The molecule has 4 heteroatoms. The Morgan fingerprint density at radius 3 is 2.80 bits per heavy atom. The van der Waals surface area contributed by atoms with E-state index < -0.39 is 0 Å². The van der Waals surface area contributed by atoms with Gasteiger partial charge in [0.2, 0.25) is 5.91 Å². The predicted molar refractivity (Wildman–Crippen MR) is 79.2 cm³/mol. The molecule has 0 aromatic heterocycles. The molecular weight excluding hydrogens is 250 g/mol. The summed E-state index contributed by atoms with van der Waals surface area (Å²) in [4.78, 5) is 17.1. The molecule has 0 bridgehead atoms. The standard InChI is InChI=1S/C16H23N3O/c17-11-14-5-2-1-4-13(14)10-16(20)19-9-8-18-7-3-6-15(18)12-19/h1-2,4-5,15H,3,6-12,17H2. The number of piperazine rings is 1. The lowest BCUT2D eigenvalue weighted by Crippen LogP contribution is -2.52. The van der Waals surface area contributed by atoms with Gasteiger partial charge in [0.1, 0.15) is 0 Å². The van der Waals surface area contributed by atoms with Crippen molar-refractivity contribution in [1.82, 2.24) is 9.80 Å². The Balaban J connectivity index is 1.64. The average Bonchev–Trinajstić information content (AvgIpc) is 2.95. The molecule has 0 spiro atoms. The van der Waals surface area contributed by atoms with Crippen LogP contribution in [0, 0.1) is 0 Å². The monoisotopic (exact) mass is 273 g/mol. The van der Waals surface area contributed by atoms with E-state index in [1.54, 1.807) is 0 Å². The maximum absolute atomic E-state index is 12.5.